The zero-order chi connectivity index (χ0) is 13.8. The molecule has 0 heterocycles. The maximum absolute atomic E-state index is 11.8. The summed E-state index contributed by atoms with van der Waals surface area (Å²) in [6.45, 7) is -0.564. The first-order valence-corrected chi connectivity index (χ1v) is 5.61. The molecule has 5 nitrogen and oxygen atoms in total. The van der Waals surface area contributed by atoms with Gasteiger partial charge in [0.25, 0.3) is 0 Å². The molecular weight excluding hydrogens is 253 g/mol. The molecule has 0 radical (unpaired) electrons. The van der Waals surface area contributed by atoms with Crippen LogP contribution in [0.25, 0.3) is 0 Å². The van der Waals surface area contributed by atoms with E-state index in [0.717, 1.165) is 0 Å². The lowest BCUT2D eigenvalue weighted by atomic mass is 9.98. The van der Waals surface area contributed by atoms with Gasteiger partial charge in [0.1, 0.15) is 5.54 Å². The van der Waals surface area contributed by atoms with Crippen molar-refractivity contribution in [2.75, 3.05) is 6.54 Å². The van der Waals surface area contributed by atoms with Crippen LogP contribution >= 0.6 is 0 Å². The molecule has 1 rings (SSSR count). The summed E-state index contributed by atoms with van der Waals surface area (Å²) in [7, 11) is 0. The van der Waals surface area contributed by atoms with Crippen LogP contribution in [0.5, 0.6) is 0 Å². The van der Waals surface area contributed by atoms with Crippen molar-refractivity contribution in [2.45, 2.75) is 43.8 Å². The molecule has 0 saturated heterocycles. The summed E-state index contributed by atoms with van der Waals surface area (Å²) in [5.41, 5.74) is -1.33. The Balaban J connectivity index is 2.41. The number of nitrogens with one attached hydrogen (secondary N) is 2. The molecule has 104 valence electrons. The molecular formula is C10H15F3N2O3. The Morgan fingerprint density at radius 1 is 1.22 bits per heavy atom. The minimum Gasteiger partial charge on any atom is -0.480 e. The third-order valence-electron chi connectivity index (χ3n) is 2.91. The van der Waals surface area contributed by atoms with Crippen LogP contribution in [0.1, 0.15) is 32.1 Å². The zero-order valence-electron chi connectivity index (χ0n) is 9.64. The molecule has 0 spiro atoms. The number of rotatable bonds is 4. The minimum atomic E-state index is -4.34. The topological polar surface area (TPSA) is 78.4 Å². The van der Waals surface area contributed by atoms with Gasteiger partial charge in [0.05, 0.1) is 6.42 Å². The van der Waals surface area contributed by atoms with Gasteiger partial charge >= 0.3 is 18.2 Å². The van der Waals surface area contributed by atoms with Crippen molar-refractivity contribution in [3.8, 4) is 0 Å². The van der Waals surface area contributed by atoms with Crippen molar-refractivity contribution in [1.29, 1.82) is 0 Å². The molecule has 0 aliphatic heterocycles. The normalized spacial score (nSPS) is 18.4. The van der Waals surface area contributed by atoms with E-state index in [2.05, 4.69) is 5.32 Å². The second kappa shape index (κ2) is 5.45. The average molecular weight is 268 g/mol. The number of hydrogen-bond donors (Lipinski definition) is 3. The van der Waals surface area contributed by atoms with E-state index in [1.165, 1.54) is 0 Å². The standard InChI is InChI=1S/C10H15F3N2O3/c11-10(12,13)5-6-14-8(18)15-9(7(16)17)3-1-2-4-9/h1-6H2,(H,16,17)(H2,14,15,18). The van der Waals surface area contributed by atoms with E-state index in [1.807, 2.05) is 5.32 Å². The highest BCUT2D eigenvalue weighted by atomic mass is 19.4. The van der Waals surface area contributed by atoms with E-state index in [1.54, 1.807) is 0 Å². The molecule has 18 heavy (non-hydrogen) atoms. The number of hydrogen-bond acceptors (Lipinski definition) is 2. The predicted octanol–water partition coefficient (Wildman–Crippen LogP) is 1.64. The molecule has 2 amide bonds. The van der Waals surface area contributed by atoms with Crippen molar-refractivity contribution in [1.82, 2.24) is 10.6 Å². The van der Waals surface area contributed by atoms with Gasteiger partial charge in [0.2, 0.25) is 0 Å². The van der Waals surface area contributed by atoms with Gasteiger partial charge in [-0.25, -0.2) is 9.59 Å². The van der Waals surface area contributed by atoms with Crippen LogP contribution in [0.4, 0.5) is 18.0 Å². The van der Waals surface area contributed by atoms with Gasteiger partial charge in [-0.2, -0.15) is 13.2 Å². The van der Waals surface area contributed by atoms with E-state index >= 15 is 0 Å². The number of carboxylic acids is 1. The third kappa shape index (κ3) is 4.08. The summed E-state index contributed by atoms with van der Waals surface area (Å²) >= 11 is 0. The first kappa shape index (κ1) is 14.6. The van der Waals surface area contributed by atoms with Crippen molar-refractivity contribution in [2.24, 2.45) is 0 Å². The van der Waals surface area contributed by atoms with Crippen molar-refractivity contribution in [3.05, 3.63) is 0 Å². The van der Waals surface area contributed by atoms with Gasteiger partial charge in [-0.3, -0.25) is 0 Å². The smallest absolute Gasteiger partial charge is 0.390 e. The molecule has 1 aliphatic carbocycles. The molecule has 0 aromatic heterocycles. The van der Waals surface area contributed by atoms with Crippen LogP contribution in [0.15, 0.2) is 0 Å². The molecule has 1 fully saturated rings. The SMILES string of the molecule is O=C(NCCC(F)(F)F)NC1(C(=O)O)CCCC1. The summed E-state index contributed by atoms with van der Waals surface area (Å²) < 4.78 is 35.5. The van der Waals surface area contributed by atoms with Gasteiger partial charge < -0.3 is 15.7 Å². The van der Waals surface area contributed by atoms with Crippen molar-refractivity contribution in [3.63, 3.8) is 0 Å². The van der Waals surface area contributed by atoms with E-state index < -0.39 is 36.7 Å². The largest absolute Gasteiger partial charge is 0.480 e. The van der Waals surface area contributed by atoms with Crippen molar-refractivity contribution < 1.29 is 27.9 Å². The Bertz CT molecular complexity index is 325. The molecule has 1 saturated carbocycles. The monoisotopic (exact) mass is 268 g/mol. The van der Waals surface area contributed by atoms with E-state index in [4.69, 9.17) is 5.11 Å². The fourth-order valence-electron chi connectivity index (χ4n) is 1.95. The molecule has 1 aliphatic rings. The minimum absolute atomic E-state index is 0.301. The number of carbonyl (C=O) groups is 2. The van der Waals surface area contributed by atoms with Crippen molar-refractivity contribution >= 4 is 12.0 Å². The van der Waals surface area contributed by atoms with Gasteiger partial charge in [0.15, 0.2) is 0 Å². The highest BCUT2D eigenvalue weighted by Crippen LogP contribution is 2.29. The summed E-state index contributed by atoms with van der Waals surface area (Å²) in [5, 5.41) is 13.3. The number of urea groups is 1. The van der Waals surface area contributed by atoms with Crippen LogP contribution in [0.2, 0.25) is 0 Å². The summed E-state index contributed by atoms with van der Waals surface area (Å²) in [6.07, 6.45) is -3.53. The Morgan fingerprint density at radius 2 is 1.78 bits per heavy atom. The Morgan fingerprint density at radius 3 is 2.22 bits per heavy atom. The van der Waals surface area contributed by atoms with Gasteiger partial charge in [-0.1, -0.05) is 12.8 Å². The molecule has 0 aromatic rings. The second-order valence-corrected chi connectivity index (χ2v) is 4.34. The lowest BCUT2D eigenvalue weighted by Gasteiger charge is -2.25. The van der Waals surface area contributed by atoms with Gasteiger partial charge in [-0.05, 0) is 12.8 Å². The fraction of sp³-hybridized carbons (Fsp3) is 0.800. The number of amides is 2. The van der Waals surface area contributed by atoms with Crippen LogP contribution in [0, 0.1) is 0 Å². The number of carbonyl (C=O) groups excluding carboxylic acids is 1. The van der Waals surface area contributed by atoms with Gasteiger partial charge in [-0.15, -0.1) is 0 Å². The highest BCUT2D eigenvalue weighted by molar-refractivity contribution is 5.86. The Kier molecular flexibility index (Phi) is 4.42. The molecule has 0 bridgehead atoms. The molecule has 8 heteroatoms. The number of aliphatic carboxylic acids is 1. The number of carboxylic acid groups (broad SMARTS) is 1. The summed E-state index contributed by atoms with van der Waals surface area (Å²) in [5.74, 6) is -1.15. The second-order valence-electron chi connectivity index (χ2n) is 4.34. The molecule has 3 N–H and O–H groups in total. The zero-order valence-corrected chi connectivity index (χ0v) is 9.64. The predicted molar refractivity (Wildman–Crippen MR) is 56.0 cm³/mol. The average Bonchev–Trinajstić information content (AvgIpc) is 2.65. The molecule has 0 atom stereocenters. The molecule has 0 aromatic carbocycles. The van der Waals surface area contributed by atoms with Crippen LogP contribution in [0.3, 0.4) is 0 Å². The summed E-state index contributed by atoms with van der Waals surface area (Å²) in [4.78, 5) is 22.4. The Hall–Kier alpha value is -1.47. The fourth-order valence-corrected chi connectivity index (χ4v) is 1.95. The van der Waals surface area contributed by atoms with Gasteiger partial charge in [0, 0.05) is 6.54 Å². The van der Waals surface area contributed by atoms with Crippen LogP contribution in [-0.4, -0.2) is 35.4 Å². The van der Waals surface area contributed by atoms with E-state index in [-0.39, 0.29) is 0 Å². The first-order valence-electron chi connectivity index (χ1n) is 5.61. The van der Waals surface area contributed by atoms with Crippen LogP contribution in [-0.2, 0) is 4.79 Å². The highest BCUT2D eigenvalue weighted by Gasteiger charge is 2.42. The quantitative estimate of drug-likeness (QED) is 0.725. The molecule has 0 unspecified atom stereocenters. The van der Waals surface area contributed by atoms with E-state index in [9.17, 15) is 22.8 Å². The lowest BCUT2D eigenvalue weighted by molar-refractivity contribution is -0.144. The number of halogens is 3. The lowest BCUT2D eigenvalue weighted by Crippen LogP contribution is -2.55. The first-order chi connectivity index (χ1) is 8.25. The maximum Gasteiger partial charge on any atom is 0.390 e. The number of alkyl halides is 3. The maximum atomic E-state index is 11.8. The van der Waals surface area contributed by atoms with E-state index in [0.29, 0.717) is 25.7 Å². The Labute approximate surface area is 102 Å². The van der Waals surface area contributed by atoms with Crippen LogP contribution < -0.4 is 10.6 Å². The summed E-state index contributed by atoms with van der Waals surface area (Å²) in [6, 6.07) is -0.872. The third-order valence-corrected chi connectivity index (χ3v) is 2.91.